The van der Waals surface area contributed by atoms with Crippen molar-refractivity contribution in [2.45, 2.75) is 20.3 Å². The highest BCUT2D eigenvalue weighted by Gasteiger charge is 2.20. The second-order valence-corrected chi connectivity index (χ2v) is 8.78. The largest absolute Gasteiger partial charge is 0.355 e. The van der Waals surface area contributed by atoms with E-state index in [1.807, 2.05) is 30.3 Å². The normalized spacial score (nSPS) is 15.0. The van der Waals surface area contributed by atoms with Gasteiger partial charge in [-0.2, -0.15) is 0 Å². The molecule has 6 heteroatoms. The Kier molecular flexibility index (Phi) is 6.11. The van der Waals surface area contributed by atoms with E-state index in [1.54, 1.807) is 11.3 Å². The van der Waals surface area contributed by atoms with Crippen molar-refractivity contribution in [2.24, 2.45) is 0 Å². The van der Waals surface area contributed by atoms with Crippen molar-refractivity contribution in [2.75, 3.05) is 44.2 Å². The number of benzene rings is 2. The Morgan fingerprint density at radius 2 is 1.86 bits per heavy atom. The fourth-order valence-corrected chi connectivity index (χ4v) is 5.05. The number of amides is 1. The van der Waals surface area contributed by atoms with Crippen molar-refractivity contribution in [1.29, 1.82) is 0 Å². The minimum Gasteiger partial charge on any atom is -0.355 e. The molecule has 1 aliphatic heterocycles. The number of nitrogens with one attached hydrogen (secondary N) is 1. The predicted octanol–water partition coefficient (Wildman–Crippen LogP) is 3.39. The zero-order chi connectivity index (χ0) is 20.2. The summed E-state index contributed by atoms with van der Waals surface area (Å²) in [6, 6.07) is 14.3. The number of carbonyl (C=O) groups excluding carboxylic acids is 1. The third kappa shape index (κ3) is 4.95. The number of anilines is 1. The average molecular weight is 409 g/mol. The maximum absolute atomic E-state index is 12.1. The molecule has 1 saturated heterocycles. The highest BCUT2D eigenvalue weighted by molar-refractivity contribution is 7.22. The molecule has 2 aromatic carbocycles. The lowest BCUT2D eigenvalue weighted by Crippen LogP contribution is -2.48. The van der Waals surface area contributed by atoms with Gasteiger partial charge in [0.2, 0.25) is 5.91 Å². The number of hydrogen-bond acceptors (Lipinski definition) is 5. The number of aryl methyl sites for hydroxylation is 2. The maximum Gasteiger partial charge on any atom is 0.224 e. The van der Waals surface area contributed by atoms with Crippen molar-refractivity contribution in [3.05, 3.63) is 59.2 Å². The van der Waals surface area contributed by atoms with E-state index in [2.05, 4.69) is 41.1 Å². The Bertz CT molecular complexity index is 977. The Morgan fingerprint density at radius 3 is 2.62 bits per heavy atom. The smallest absolute Gasteiger partial charge is 0.224 e. The first-order valence-electron chi connectivity index (χ1n) is 10.2. The lowest BCUT2D eigenvalue weighted by molar-refractivity contribution is -0.120. The fourth-order valence-electron chi connectivity index (χ4n) is 3.85. The van der Waals surface area contributed by atoms with Gasteiger partial charge in [-0.15, -0.1) is 0 Å². The molecule has 3 aromatic rings. The van der Waals surface area contributed by atoms with Gasteiger partial charge in [0.1, 0.15) is 0 Å². The van der Waals surface area contributed by atoms with Gasteiger partial charge in [-0.25, -0.2) is 4.98 Å². The molecule has 5 nitrogen and oxygen atoms in total. The summed E-state index contributed by atoms with van der Waals surface area (Å²) < 4.78 is 1.28. The number of carbonyl (C=O) groups is 1. The van der Waals surface area contributed by atoms with Gasteiger partial charge in [-0.1, -0.05) is 47.7 Å². The van der Waals surface area contributed by atoms with Crippen LogP contribution in [0.5, 0.6) is 0 Å². The molecule has 4 rings (SSSR count). The van der Waals surface area contributed by atoms with Gasteiger partial charge < -0.3 is 10.2 Å². The summed E-state index contributed by atoms with van der Waals surface area (Å²) in [5.74, 6) is 0.0926. The third-order valence-corrected chi connectivity index (χ3v) is 6.48. The van der Waals surface area contributed by atoms with E-state index in [0.29, 0.717) is 13.0 Å². The molecule has 2 heterocycles. The molecule has 1 aliphatic rings. The summed E-state index contributed by atoms with van der Waals surface area (Å²) >= 11 is 1.80. The van der Waals surface area contributed by atoms with E-state index in [1.165, 1.54) is 15.8 Å². The predicted molar refractivity (Wildman–Crippen MR) is 121 cm³/mol. The molecule has 1 N–H and O–H groups in total. The summed E-state index contributed by atoms with van der Waals surface area (Å²) in [6.07, 6.45) is 0.450. The van der Waals surface area contributed by atoms with E-state index in [9.17, 15) is 4.79 Å². The summed E-state index contributed by atoms with van der Waals surface area (Å²) in [7, 11) is 0. The van der Waals surface area contributed by atoms with Crippen LogP contribution in [0.3, 0.4) is 0 Å². The van der Waals surface area contributed by atoms with Crippen molar-refractivity contribution in [3.8, 4) is 0 Å². The molecule has 0 saturated carbocycles. The van der Waals surface area contributed by atoms with E-state index in [-0.39, 0.29) is 5.91 Å². The number of nitrogens with zero attached hydrogens (tertiary/aromatic N) is 3. The van der Waals surface area contributed by atoms with Gasteiger partial charge >= 0.3 is 0 Å². The summed E-state index contributed by atoms with van der Waals surface area (Å²) in [5.41, 5.74) is 4.75. The minimum atomic E-state index is 0.0926. The standard InChI is InChI=1S/C23H28N4OS/c1-17-14-18(2)22-20(15-17)29-23(25-22)27-12-10-26(11-13-27)9-8-24-21(28)16-19-6-4-3-5-7-19/h3-7,14-15H,8-13,16H2,1-2H3,(H,24,28). The molecule has 1 amide bonds. The van der Waals surface area contributed by atoms with Crippen LogP contribution in [0.15, 0.2) is 42.5 Å². The molecule has 0 spiro atoms. The molecule has 0 radical (unpaired) electrons. The van der Waals surface area contributed by atoms with Crippen LogP contribution < -0.4 is 10.2 Å². The number of rotatable bonds is 6. The molecule has 29 heavy (non-hydrogen) atoms. The number of aromatic nitrogens is 1. The summed E-state index contributed by atoms with van der Waals surface area (Å²) in [6.45, 7) is 9.85. The van der Waals surface area contributed by atoms with Crippen LogP contribution >= 0.6 is 11.3 Å². The number of thiazole rings is 1. The second-order valence-electron chi connectivity index (χ2n) is 7.77. The zero-order valence-electron chi connectivity index (χ0n) is 17.1. The van der Waals surface area contributed by atoms with Crippen molar-refractivity contribution < 1.29 is 4.79 Å². The Labute approximate surface area is 176 Å². The van der Waals surface area contributed by atoms with Crippen LogP contribution in [-0.4, -0.2) is 55.1 Å². The van der Waals surface area contributed by atoms with E-state index in [0.717, 1.165) is 48.9 Å². The Morgan fingerprint density at radius 1 is 1.10 bits per heavy atom. The van der Waals surface area contributed by atoms with Crippen LogP contribution in [0.2, 0.25) is 0 Å². The van der Waals surface area contributed by atoms with Gasteiger partial charge in [0.05, 0.1) is 16.6 Å². The van der Waals surface area contributed by atoms with E-state index < -0.39 is 0 Å². The molecule has 0 aliphatic carbocycles. The topological polar surface area (TPSA) is 48.5 Å². The highest BCUT2D eigenvalue weighted by atomic mass is 32.1. The maximum atomic E-state index is 12.1. The lowest BCUT2D eigenvalue weighted by Gasteiger charge is -2.34. The molecular weight excluding hydrogens is 380 g/mol. The Balaban J connectivity index is 1.23. The molecule has 0 atom stereocenters. The number of piperazine rings is 1. The SMILES string of the molecule is Cc1cc(C)c2nc(N3CCN(CCNC(=O)Cc4ccccc4)CC3)sc2c1. The van der Waals surface area contributed by atoms with Crippen LogP contribution in [-0.2, 0) is 11.2 Å². The Hall–Kier alpha value is -2.44. The first-order valence-corrected chi connectivity index (χ1v) is 11.1. The molecule has 152 valence electrons. The highest BCUT2D eigenvalue weighted by Crippen LogP contribution is 2.32. The third-order valence-electron chi connectivity index (χ3n) is 5.42. The van der Waals surface area contributed by atoms with Gasteiger partial charge in [0, 0.05) is 39.3 Å². The van der Waals surface area contributed by atoms with Gasteiger partial charge in [-0.3, -0.25) is 9.69 Å². The van der Waals surface area contributed by atoms with Crippen molar-refractivity contribution in [3.63, 3.8) is 0 Å². The quantitative estimate of drug-likeness (QED) is 0.679. The van der Waals surface area contributed by atoms with Crippen LogP contribution in [0.25, 0.3) is 10.2 Å². The first-order chi connectivity index (χ1) is 14.1. The molecule has 1 fully saturated rings. The summed E-state index contributed by atoms with van der Waals surface area (Å²) in [5, 5.41) is 4.18. The van der Waals surface area contributed by atoms with Crippen molar-refractivity contribution >= 4 is 32.6 Å². The molecule has 1 aromatic heterocycles. The van der Waals surface area contributed by atoms with Gasteiger partial charge in [0.25, 0.3) is 0 Å². The van der Waals surface area contributed by atoms with E-state index in [4.69, 9.17) is 4.98 Å². The van der Waals surface area contributed by atoms with Crippen LogP contribution in [0.1, 0.15) is 16.7 Å². The number of fused-ring (bicyclic) bond motifs is 1. The summed E-state index contributed by atoms with van der Waals surface area (Å²) in [4.78, 5) is 21.8. The first kappa shape index (κ1) is 19.9. The van der Waals surface area contributed by atoms with Gasteiger partial charge in [0.15, 0.2) is 5.13 Å². The minimum absolute atomic E-state index is 0.0926. The molecular formula is C23H28N4OS. The molecule has 0 bridgehead atoms. The van der Waals surface area contributed by atoms with E-state index >= 15 is 0 Å². The molecule has 0 unspecified atom stereocenters. The lowest BCUT2D eigenvalue weighted by atomic mass is 10.1. The van der Waals surface area contributed by atoms with Crippen LogP contribution in [0.4, 0.5) is 5.13 Å². The van der Waals surface area contributed by atoms with Crippen LogP contribution in [0, 0.1) is 13.8 Å². The second kappa shape index (κ2) is 8.93. The fraction of sp³-hybridized carbons (Fsp3) is 0.391. The average Bonchev–Trinajstić information content (AvgIpc) is 3.14. The zero-order valence-corrected chi connectivity index (χ0v) is 18.0. The number of hydrogen-bond donors (Lipinski definition) is 1. The van der Waals surface area contributed by atoms with Gasteiger partial charge in [-0.05, 0) is 36.6 Å². The van der Waals surface area contributed by atoms with Crippen molar-refractivity contribution in [1.82, 2.24) is 15.2 Å². The monoisotopic (exact) mass is 408 g/mol.